The molecule has 0 saturated heterocycles. The molecule has 5 heteroatoms. The van der Waals surface area contributed by atoms with Gasteiger partial charge in [0, 0.05) is 11.1 Å². The van der Waals surface area contributed by atoms with E-state index in [4.69, 9.17) is 4.74 Å². The molecular weight excluding hydrogens is 390 g/mol. The number of esters is 1. The van der Waals surface area contributed by atoms with Gasteiger partial charge in [0.25, 0.3) is 28.3 Å². The van der Waals surface area contributed by atoms with Crippen molar-refractivity contribution in [3.8, 4) is 5.75 Å². The molecule has 0 N–H and O–H groups in total. The van der Waals surface area contributed by atoms with Crippen molar-refractivity contribution in [1.29, 1.82) is 0 Å². The monoisotopic (exact) mass is 426 g/mol. The summed E-state index contributed by atoms with van der Waals surface area (Å²) in [6.07, 6.45) is 0.724. The van der Waals surface area contributed by atoms with E-state index in [0.717, 1.165) is 6.42 Å². The summed E-state index contributed by atoms with van der Waals surface area (Å²) < 4.78 is 5.30. The van der Waals surface area contributed by atoms with E-state index in [2.05, 4.69) is 34.7 Å². The number of carbonyl (C=O) groups excluding carboxylic acids is 2. The van der Waals surface area contributed by atoms with E-state index in [0.29, 0.717) is 16.9 Å². The van der Waals surface area contributed by atoms with E-state index in [1.54, 1.807) is 36.4 Å². The summed E-state index contributed by atoms with van der Waals surface area (Å²) in [5.41, 5.74) is 1.12. The predicted molar refractivity (Wildman–Crippen MR) is 128 cm³/mol. The molecule has 29 heavy (non-hydrogen) atoms. The van der Waals surface area contributed by atoms with Crippen molar-refractivity contribution < 1.29 is 14.3 Å². The summed E-state index contributed by atoms with van der Waals surface area (Å²) >= 11 is -0.278. The van der Waals surface area contributed by atoms with Gasteiger partial charge in [-0.3, -0.25) is 9.59 Å². The van der Waals surface area contributed by atoms with Gasteiger partial charge in [0.05, 0.1) is 5.92 Å². The highest BCUT2D eigenvalue weighted by atomic mass is 27.2. The van der Waals surface area contributed by atoms with Gasteiger partial charge in [-0.2, -0.15) is 0 Å². The van der Waals surface area contributed by atoms with Crippen LogP contribution in [0.3, 0.4) is 0 Å². The zero-order valence-electron chi connectivity index (χ0n) is 19.4. The number of hydrogen-bond donors (Lipinski definition) is 0. The van der Waals surface area contributed by atoms with Gasteiger partial charge < -0.3 is 4.74 Å². The zero-order valence-corrected chi connectivity index (χ0v) is 21.7. The van der Waals surface area contributed by atoms with Crippen LogP contribution in [0.5, 0.6) is 5.75 Å². The molecule has 3 nitrogen and oxygen atoms in total. The van der Waals surface area contributed by atoms with E-state index in [1.165, 1.54) is 0 Å². The molecule has 0 fully saturated rings. The third-order valence-corrected chi connectivity index (χ3v) is 3.37. The largest absolute Gasteiger partial charge is 0.426 e. The molecule has 0 aliphatic heterocycles. The van der Waals surface area contributed by atoms with Gasteiger partial charge in [-0.05, 0) is 18.6 Å². The third kappa shape index (κ3) is 13.5. The van der Waals surface area contributed by atoms with Gasteiger partial charge in [-0.25, -0.2) is 0 Å². The van der Waals surface area contributed by atoms with Crippen molar-refractivity contribution in [1.82, 2.24) is 0 Å². The first kappa shape index (κ1) is 27.6. The Morgan fingerprint density at radius 1 is 0.828 bits per heavy atom. The second-order valence-corrected chi connectivity index (χ2v) is 15.3. The zero-order chi connectivity index (χ0) is 22.4. The van der Waals surface area contributed by atoms with Crippen LogP contribution >= 0.6 is 0 Å². The maximum Gasteiger partial charge on any atom is 0.314 e. The van der Waals surface area contributed by atoms with E-state index < -0.39 is 0 Å². The summed E-state index contributed by atoms with van der Waals surface area (Å²) in [4.78, 5) is 24.1. The molecule has 1 atom stereocenters. The number of benzene rings is 2. The quantitative estimate of drug-likeness (QED) is 0.234. The Hall–Kier alpha value is -1.36. The van der Waals surface area contributed by atoms with Crippen LogP contribution in [0.4, 0.5) is 0 Å². The van der Waals surface area contributed by atoms with Gasteiger partial charge in [-0.15, -0.1) is 34.7 Å². The maximum atomic E-state index is 12.3. The Balaban J connectivity index is 0.000000837. The molecule has 2 aromatic rings. The number of rotatable bonds is 5. The van der Waals surface area contributed by atoms with Gasteiger partial charge in [-0.1, -0.05) is 56.3 Å². The topological polar surface area (TPSA) is 43.4 Å². The number of ketones is 1. The minimum atomic E-state index is -0.276. The lowest BCUT2D eigenvalue weighted by Crippen LogP contribution is -2.17. The van der Waals surface area contributed by atoms with Crippen molar-refractivity contribution in [2.45, 2.75) is 55.0 Å². The number of ether oxygens (including phenoxy) is 1. The van der Waals surface area contributed by atoms with E-state index in [9.17, 15) is 9.59 Å². The van der Waals surface area contributed by atoms with Gasteiger partial charge in [0.15, 0.2) is 5.78 Å². The average molecular weight is 427 g/mol. The minimum absolute atomic E-state index is 0.0861. The van der Waals surface area contributed by atoms with E-state index >= 15 is 0 Å². The van der Waals surface area contributed by atoms with Crippen molar-refractivity contribution in [3.63, 3.8) is 0 Å². The van der Waals surface area contributed by atoms with Crippen molar-refractivity contribution in [2.24, 2.45) is 5.92 Å². The standard InChI is InChI=1S/C18H18O3.6CH3.2Al/c1-3-13(2)18(20)21-16-11-7-10-15(12-16)17(19)14-8-5-4-6-9-14;;;;;;;;/h4-13H,3H2,1-2H3;6*1H3;;. The lowest BCUT2D eigenvalue weighted by atomic mass is 10.0. The van der Waals surface area contributed by atoms with Crippen molar-refractivity contribution in [2.75, 3.05) is 0 Å². The number of carbonyl (C=O) groups is 2. The molecule has 0 aromatic heterocycles. The maximum absolute atomic E-state index is 12.3. The molecule has 1 unspecified atom stereocenters. The Bertz CT molecular complexity index is 716. The van der Waals surface area contributed by atoms with Gasteiger partial charge in [0.1, 0.15) is 5.75 Å². The molecule has 2 rings (SSSR count). The minimum Gasteiger partial charge on any atom is -0.426 e. The van der Waals surface area contributed by atoms with Crippen LogP contribution < -0.4 is 4.74 Å². The molecule has 2 aromatic carbocycles. The van der Waals surface area contributed by atoms with Crippen molar-refractivity contribution >= 4 is 40.0 Å². The first-order chi connectivity index (χ1) is 13.6. The lowest BCUT2D eigenvalue weighted by molar-refractivity contribution is -0.138. The first-order valence-electron chi connectivity index (χ1n) is 10.5. The highest BCUT2D eigenvalue weighted by Crippen LogP contribution is 2.18. The Kier molecular flexibility index (Phi) is 14.8. The molecule has 0 radical (unpaired) electrons. The fourth-order valence-electron chi connectivity index (χ4n) is 1.84. The van der Waals surface area contributed by atoms with E-state index in [-0.39, 0.29) is 46.0 Å². The van der Waals surface area contributed by atoms with Crippen LogP contribution in [0, 0.1) is 5.92 Å². The molecular formula is C24H36Al2O3. The normalized spacial score (nSPS) is 10.3. The molecule has 156 valence electrons. The lowest BCUT2D eigenvalue weighted by Gasteiger charge is -2.09. The number of hydrogen-bond acceptors (Lipinski definition) is 3. The summed E-state index contributed by atoms with van der Waals surface area (Å²) in [7, 11) is 0. The fraction of sp³-hybridized carbons (Fsp3) is 0.417. The molecule has 0 amide bonds. The Labute approximate surface area is 186 Å². The van der Waals surface area contributed by atoms with Crippen LogP contribution in [0.25, 0.3) is 0 Å². The fourth-order valence-corrected chi connectivity index (χ4v) is 1.84. The van der Waals surface area contributed by atoms with Crippen LogP contribution in [-0.2, 0) is 4.79 Å². The van der Waals surface area contributed by atoms with Gasteiger partial charge in [0.2, 0.25) is 0 Å². The molecule has 0 spiro atoms. The molecule has 0 aliphatic rings. The Morgan fingerprint density at radius 2 is 1.31 bits per heavy atom. The summed E-state index contributed by atoms with van der Waals surface area (Å²) in [5, 5.41) is 0. The molecule has 0 heterocycles. The first-order valence-corrected chi connectivity index (χ1v) is 17.4. The van der Waals surface area contributed by atoms with E-state index in [1.807, 2.05) is 32.0 Å². The second-order valence-electron chi connectivity index (χ2n) is 8.42. The smallest absolute Gasteiger partial charge is 0.314 e. The van der Waals surface area contributed by atoms with Crippen LogP contribution in [0.2, 0.25) is 34.7 Å². The highest BCUT2D eigenvalue weighted by Gasteiger charge is 2.14. The molecule has 0 bridgehead atoms. The van der Waals surface area contributed by atoms with Crippen molar-refractivity contribution in [3.05, 3.63) is 65.7 Å². The summed E-state index contributed by atoms with van der Waals surface area (Å²) in [6.45, 7) is 3.75. The Morgan fingerprint density at radius 3 is 1.79 bits per heavy atom. The second kappa shape index (κ2) is 15.5. The molecule has 0 aliphatic carbocycles. The van der Waals surface area contributed by atoms with Crippen LogP contribution in [0.1, 0.15) is 36.2 Å². The SMILES string of the molecule is CCC(C)C(=O)Oc1cccc(C(=O)c2ccccc2)c1.[CH3][Al]([CH3])[CH3].[CH3][Al]([CH3])[CH3]. The van der Waals surface area contributed by atoms with Crippen LogP contribution in [-0.4, -0.2) is 40.0 Å². The van der Waals surface area contributed by atoms with Crippen LogP contribution in [0.15, 0.2) is 54.6 Å². The predicted octanol–water partition coefficient (Wildman–Crippen LogP) is 6.61. The summed E-state index contributed by atoms with van der Waals surface area (Å²) in [6, 6.07) is 15.8. The molecule has 0 saturated carbocycles. The average Bonchev–Trinajstić information content (AvgIpc) is 2.66. The van der Waals surface area contributed by atoms with Gasteiger partial charge >= 0.3 is 5.97 Å². The summed E-state index contributed by atoms with van der Waals surface area (Å²) in [5.74, 6) is 13.7. The third-order valence-electron chi connectivity index (χ3n) is 3.37. The highest BCUT2D eigenvalue weighted by molar-refractivity contribution is 6.54.